The van der Waals surface area contributed by atoms with Gasteiger partial charge in [0.05, 0.1) is 24.2 Å². The molecule has 1 aliphatic heterocycles. The highest BCUT2D eigenvalue weighted by Crippen LogP contribution is 2.37. The van der Waals surface area contributed by atoms with E-state index in [2.05, 4.69) is 0 Å². The van der Waals surface area contributed by atoms with Crippen LogP contribution in [0.2, 0.25) is 0 Å². The van der Waals surface area contributed by atoms with Crippen molar-refractivity contribution < 1.29 is 22.7 Å². The highest BCUT2D eigenvalue weighted by atomic mass is 32.2. The van der Waals surface area contributed by atoms with Gasteiger partial charge in [0.2, 0.25) is 0 Å². The number of hydrogen-bond acceptors (Lipinski definition) is 5. The highest BCUT2D eigenvalue weighted by Gasteiger charge is 2.36. The van der Waals surface area contributed by atoms with Crippen molar-refractivity contribution in [3.63, 3.8) is 0 Å². The van der Waals surface area contributed by atoms with Gasteiger partial charge in [-0.25, -0.2) is 8.42 Å². The Bertz CT molecular complexity index is 909. The maximum Gasteiger partial charge on any atom is 0.264 e. The van der Waals surface area contributed by atoms with Crippen LogP contribution in [-0.4, -0.2) is 34.1 Å². The summed E-state index contributed by atoms with van der Waals surface area (Å²) in [5.41, 5.74) is 6.60. The van der Waals surface area contributed by atoms with Crippen molar-refractivity contribution in [1.29, 1.82) is 0 Å². The summed E-state index contributed by atoms with van der Waals surface area (Å²) in [4.78, 5) is 11.7. The third-order valence-corrected chi connectivity index (χ3v) is 5.74. The van der Waals surface area contributed by atoms with Crippen LogP contribution in [0.15, 0.2) is 47.4 Å². The van der Waals surface area contributed by atoms with Crippen LogP contribution < -0.4 is 19.5 Å². The molecule has 0 unspecified atom stereocenters. The maximum absolute atomic E-state index is 13.1. The molecule has 1 amide bonds. The molecule has 25 heavy (non-hydrogen) atoms. The van der Waals surface area contributed by atoms with Gasteiger partial charge in [-0.2, -0.15) is 0 Å². The van der Waals surface area contributed by atoms with Gasteiger partial charge in [0.25, 0.3) is 15.9 Å². The number of aryl methyl sites for hydroxylation is 1. The number of rotatable bonds is 4. The number of anilines is 1. The molecule has 2 N–H and O–H groups in total. The Balaban J connectivity index is 2.08. The van der Waals surface area contributed by atoms with Crippen molar-refractivity contribution in [2.24, 2.45) is 5.73 Å². The van der Waals surface area contributed by atoms with Crippen LogP contribution >= 0.6 is 0 Å². The summed E-state index contributed by atoms with van der Waals surface area (Å²) < 4.78 is 37.9. The zero-order chi connectivity index (χ0) is 18.2. The molecule has 0 bridgehead atoms. The third-order valence-electron chi connectivity index (χ3n) is 3.95. The van der Waals surface area contributed by atoms with E-state index in [-0.39, 0.29) is 11.4 Å². The molecule has 0 aromatic heterocycles. The number of carbonyl (C=O) groups is 1. The van der Waals surface area contributed by atoms with E-state index >= 15 is 0 Å². The lowest BCUT2D eigenvalue weighted by Gasteiger charge is -2.34. The topological polar surface area (TPSA) is 98.9 Å². The molecule has 2 aromatic rings. The number of amides is 1. The van der Waals surface area contributed by atoms with Gasteiger partial charge >= 0.3 is 0 Å². The van der Waals surface area contributed by atoms with Gasteiger partial charge in [-0.15, -0.1) is 0 Å². The monoisotopic (exact) mass is 362 g/mol. The Hall–Kier alpha value is -2.74. The van der Waals surface area contributed by atoms with Crippen molar-refractivity contribution in [1.82, 2.24) is 0 Å². The lowest BCUT2D eigenvalue weighted by atomic mass is 10.1. The Morgan fingerprint density at radius 3 is 2.52 bits per heavy atom. The van der Waals surface area contributed by atoms with E-state index in [0.717, 1.165) is 9.87 Å². The molecule has 0 radical (unpaired) electrons. The van der Waals surface area contributed by atoms with E-state index in [9.17, 15) is 13.2 Å². The molecule has 132 valence electrons. The summed E-state index contributed by atoms with van der Waals surface area (Å²) in [6.45, 7) is 1.67. The first kappa shape index (κ1) is 17.1. The zero-order valence-corrected chi connectivity index (χ0v) is 14.6. The Labute approximate surface area is 146 Å². The van der Waals surface area contributed by atoms with E-state index in [4.69, 9.17) is 15.2 Å². The van der Waals surface area contributed by atoms with Crippen LogP contribution in [0.3, 0.4) is 0 Å². The predicted molar refractivity (Wildman–Crippen MR) is 92.3 cm³/mol. The SMILES string of the molecule is COc1ccc(S(=O)(=O)N2C[C@H](C(N)=O)Oc3cc(C)ccc32)cc1. The number of hydrogen-bond donors (Lipinski definition) is 1. The summed E-state index contributed by atoms with van der Waals surface area (Å²) in [7, 11) is -2.39. The molecule has 7 nitrogen and oxygen atoms in total. The maximum atomic E-state index is 13.1. The molecule has 8 heteroatoms. The van der Waals surface area contributed by atoms with Crippen molar-refractivity contribution in [2.75, 3.05) is 18.0 Å². The average Bonchev–Trinajstić information content (AvgIpc) is 2.60. The zero-order valence-electron chi connectivity index (χ0n) is 13.8. The number of carbonyl (C=O) groups excluding carboxylic acids is 1. The normalized spacial score (nSPS) is 16.7. The Morgan fingerprint density at radius 2 is 1.92 bits per heavy atom. The van der Waals surface area contributed by atoms with Crippen molar-refractivity contribution in [3.8, 4) is 11.5 Å². The smallest absolute Gasteiger partial charge is 0.264 e. The average molecular weight is 362 g/mol. The van der Waals surface area contributed by atoms with Gasteiger partial charge in [-0.3, -0.25) is 9.10 Å². The van der Waals surface area contributed by atoms with Gasteiger partial charge in [0.15, 0.2) is 6.10 Å². The van der Waals surface area contributed by atoms with Crippen LogP contribution in [0.25, 0.3) is 0 Å². The number of methoxy groups -OCH3 is 1. The lowest BCUT2D eigenvalue weighted by molar-refractivity contribution is -0.124. The van der Waals surface area contributed by atoms with E-state index in [1.807, 2.05) is 6.92 Å². The molecule has 0 saturated heterocycles. The number of nitrogens with two attached hydrogens (primary N) is 1. The fourth-order valence-electron chi connectivity index (χ4n) is 2.61. The number of benzene rings is 2. The number of nitrogens with zero attached hydrogens (tertiary/aromatic N) is 1. The summed E-state index contributed by atoms with van der Waals surface area (Å²) in [6.07, 6.45) is -1.05. The van der Waals surface area contributed by atoms with Gasteiger partial charge in [0.1, 0.15) is 11.5 Å². The number of primary amides is 1. The summed E-state index contributed by atoms with van der Waals surface area (Å²) in [5.74, 6) is 0.140. The predicted octanol–water partition coefficient (Wildman–Crippen LogP) is 1.45. The molecule has 1 heterocycles. The molecular weight excluding hydrogens is 344 g/mol. The van der Waals surface area contributed by atoms with Crippen molar-refractivity contribution in [2.45, 2.75) is 17.9 Å². The first-order valence-corrected chi connectivity index (χ1v) is 9.00. The van der Waals surface area contributed by atoms with Crippen LogP contribution in [0.5, 0.6) is 11.5 Å². The third kappa shape index (κ3) is 3.12. The molecule has 0 spiro atoms. The molecule has 3 rings (SSSR count). The minimum Gasteiger partial charge on any atom is -0.497 e. The van der Waals surface area contributed by atoms with Gasteiger partial charge in [0, 0.05) is 0 Å². The second-order valence-electron chi connectivity index (χ2n) is 5.69. The number of ether oxygens (including phenoxy) is 2. The first-order valence-electron chi connectivity index (χ1n) is 7.56. The van der Waals surface area contributed by atoms with Crippen molar-refractivity contribution in [3.05, 3.63) is 48.0 Å². The van der Waals surface area contributed by atoms with Crippen molar-refractivity contribution >= 4 is 21.6 Å². The molecule has 1 aliphatic rings. The Kier molecular flexibility index (Phi) is 4.30. The molecule has 0 saturated carbocycles. The number of sulfonamides is 1. The Morgan fingerprint density at radius 1 is 1.24 bits per heavy atom. The van der Waals surface area contributed by atoms with Gasteiger partial charge in [-0.05, 0) is 48.9 Å². The summed E-state index contributed by atoms with van der Waals surface area (Å²) in [5, 5.41) is 0. The van der Waals surface area contributed by atoms with E-state index in [1.165, 1.54) is 19.2 Å². The fourth-order valence-corrected chi connectivity index (χ4v) is 4.09. The molecular formula is C17H18N2O5S. The minimum absolute atomic E-state index is 0.0879. The highest BCUT2D eigenvalue weighted by molar-refractivity contribution is 7.92. The van der Waals surface area contributed by atoms with Gasteiger partial charge < -0.3 is 15.2 Å². The fraction of sp³-hybridized carbons (Fsp3) is 0.235. The molecule has 0 fully saturated rings. The molecule has 1 atom stereocenters. The quantitative estimate of drug-likeness (QED) is 0.887. The second kappa shape index (κ2) is 6.29. The number of fused-ring (bicyclic) bond motifs is 1. The second-order valence-corrected chi connectivity index (χ2v) is 7.55. The van der Waals surface area contributed by atoms with Crippen LogP contribution in [0.4, 0.5) is 5.69 Å². The van der Waals surface area contributed by atoms with E-state index in [0.29, 0.717) is 17.2 Å². The first-order chi connectivity index (χ1) is 11.8. The lowest BCUT2D eigenvalue weighted by Crippen LogP contribution is -2.49. The summed E-state index contributed by atoms with van der Waals surface area (Å²) >= 11 is 0. The van der Waals surface area contributed by atoms with Gasteiger partial charge in [-0.1, -0.05) is 6.07 Å². The van der Waals surface area contributed by atoms with Crippen LogP contribution in [0, 0.1) is 6.92 Å². The summed E-state index contributed by atoms with van der Waals surface area (Å²) in [6, 6.07) is 11.2. The van der Waals surface area contributed by atoms with E-state index < -0.39 is 22.0 Å². The largest absolute Gasteiger partial charge is 0.497 e. The van der Waals surface area contributed by atoms with Crippen LogP contribution in [0.1, 0.15) is 5.56 Å². The minimum atomic E-state index is -3.89. The van der Waals surface area contributed by atoms with E-state index in [1.54, 1.807) is 30.3 Å². The molecule has 2 aromatic carbocycles. The standard InChI is InChI=1S/C17H18N2O5S/c1-11-3-8-14-15(9-11)24-16(17(18)20)10-19(14)25(21,22)13-6-4-12(23-2)5-7-13/h3-9,16H,10H2,1-2H3,(H2,18,20)/t16-/m1/s1. The molecule has 0 aliphatic carbocycles. The van der Waals surface area contributed by atoms with Crippen LogP contribution in [-0.2, 0) is 14.8 Å².